The summed E-state index contributed by atoms with van der Waals surface area (Å²) in [6, 6.07) is 10.6. The molecule has 0 fully saturated rings. The molecule has 4 rings (SSSR count). The summed E-state index contributed by atoms with van der Waals surface area (Å²) in [5, 5.41) is 25.1. The Morgan fingerprint density at radius 3 is 2.56 bits per heavy atom. The number of nitrogens with one attached hydrogen (secondary N) is 1. The molecule has 0 atom stereocenters. The van der Waals surface area contributed by atoms with E-state index in [1.165, 1.54) is 43.1 Å². The molecule has 2 N–H and O–H groups in total. The van der Waals surface area contributed by atoms with Crippen molar-refractivity contribution in [2.45, 2.75) is 13.5 Å². The molecule has 0 radical (unpaired) electrons. The van der Waals surface area contributed by atoms with Gasteiger partial charge in [0.2, 0.25) is 5.95 Å². The van der Waals surface area contributed by atoms with Gasteiger partial charge in [0, 0.05) is 26.2 Å². The number of fused-ring (bicyclic) bond motifs is 1. The largest absolute Gasteiger partial charge is 0.504 e. The minimum absolute atomic E-state index is 0.00334. The van der Waals surface area contributed by atoms with Crippen LogP contribution in [0.25, 0.3) is 11.2 Å². The summed E-state index contributed by atoms with van der Waals surface area (Å²) in [6.45, 7) is 2.31. The molecule has 0 spiro atoms. The lowest BCUT2D eigenvalue weighted by molar-refractivity contribution is -0.384. The van der Waals surface area contributed by atoms with E-state index in [1.807, 2.05) is 0 Å². The van der Waals surface area contributed by atoms with E-state index in [0.717, 1.165) is 4.57 Å². The van der Waals surface area contributed by atoms with E-state index >= 15 is 0 Å². The number of rotatable bonds is 8. The lowest BCUT2D eigenvalue weighted by Crippen LogP contribution is -2.37. The Hall–Kier alpha value is -4.94. The zero-order chi connectivity index (χ0) is 26.0. The van der Waals surface area contributed by atoms with Crippen LogP contribution in [0.5, 0.6) is 11.5 Å². The number of anilines is 1. The van der Waals surface area contributed by atoms with Crippen LogP contribution >= 0.6 is 0 Å². The smallest absolute Gasteiger partial charge is 0.332 e. The van der Waals surface area contributed by atoms with Crippen molar-refractivity contribution in [2.75, 3.05) is 12.0 Å². The molecule has 0 unspecified atom stereocenters. The summed E-state index contributed by atoms with van der Waals surface area (Å²) in [5.41, 5.74) is 3.30. The summed E-state index contributed by atoms with van der Waals surface area (Å²) in [6.07, 6.45) is 1.48. The first-order valence-corrected chi connectivity index (χ1v) is 10.9. The number of non-ortho nitro benzene ring substituents is 1. The molecule has 2 heterocycles. The van der Waals surface area contributed by atoms with Crippen molar-refractivity contribution in [2.24, 2.45) is 19.2 Å². The molecule has 0 amide bonds. The number of phenols is 1. The van der Waals surface area contributed by atoms with Gasteiger partial charge in [0.05, 0.1) is 24.3 Å². The second-order valence-corrected chi connectivity index (χ2v) is 7.85. The number of hydrogen-bond donors (Lipinski definition) is 2. The van der Waals surface area contributed by atoms with Crippen molar-refractivity contribution in [1.29, 1.82) is 0 Å². The fourth-order valence-corrected chi connectivity index (χ4v) is 3.64. The molecule has 0 bridgehead atoms. The van der Waals surface area contributed by atoms with Gasteiger partial charge in [0.1, 0.15) is 0 Å². The fraction of sp³-hybridized carbons (Fsp3) is 0.217. The minimum atomic E-state index is -0.542. The van der Waals surface area contributed by atoms with E-state index in [0.29, 0.717) is 23.5 Å². The van der Waals surface area contributed by atoms with Crippen molar-refractivity contribution >= 4 is 29.0 Å². The number of nitrogens with zero attached hydrogens (tertiary/aromatic N) is 6. The first-order chi connectivity index (χ1) is 17.2. The number of nitro groups is 1. The van der Waals surface area contributed by atoms with Gasteiger partial charge in [0.25, 0.3) is 11.2 Å². The molecule has 0 saturated carbocycles. The first kappa shape index (κ1) is 24.2. The molecule has 4 aromatic rings. The van der Waals surface area contributed by atoms with Crippen LogP contribution < -0.4 is 21.4 Å². The molecular weight excluding hydrogens is 470 g/mol. The summed E-state index contributed by atoms with van der Waals surface area (Å²) < 4.78 is 9.17. The predicted octanol–water partition coefficient (Wildman–Crippen LogP) is 1.94. The molecule has 36 heavy (non-hydrogen) atoms. The van der Waals surface area contributed by atoms with Crippen molar-refractivity contribution in [3.05, 3.63) is 84.5 Å². The average molecular weight is 493 g/mol. The van der Waals surface area contributed by atoms with Gasteiger partial charge >= 0.3 is 5.69 Å². The van der Waals surface area contributed by atoms with E-state index in [4.69, 9.17) is 4.74 Å². The number of hydrazone groups is 1. The predicted molar refractivity (Wildman–Crippen MR) is 133 cm³/mol. The fourth-order valence-electron chi connectivity index (χ4n) is 3.64. The van der Waals surface area contributed by atoms with Crippen molar-refractivity contribution in [1.82, 2.24) is 18.7 Å². The molecule has 13 nitrogen and oxygen atoms in total. The van der Waals surface area contributed by atoms with Gasteiger partial charge in [-0.25, -0.2) is 10.2 Å². The lowest BCUT2D eigenvalue weighted by atomic mass is 10.2. The first-order valence-electron chi connectivity index (χ1n) is 10.9. The zero-order valence-electron chi connectivity index (χ0n) is 19.7. The molecule has 0 saturated heterocycles. The van der Waals surface area contributed by atoms with Crippen molar-refractivity contribution in [3.63, 3.8) is 0 Å². The van der Waals surface area contributed by atoms with Gasteiger partial charge in [-0.15, -0.1) is 0 Å². The van der Waals surface area contributed by atoms with Crippen molar-refractivity contribution in [3.8, 4) is 11.5 Å². The zero-order valence-corrected chi connectivity index (χ0v) is 19.7. The highest BCUT2D eigenvalue weighted by Gasteiger charge is 2.19. The Morgan fingerprint density at radius 1 is 1.17 bits per heavy atom. The topological polar surface area (TPSA) is 159 Å². The molecule has 13 heteroatoms. The summed E-state index contributed by atoms with van der Waals surface area (Å²) >= 11 is 0. The van der Waals surface area contributed by atoms with Crippen LogP contribution in [0.2, 0.25) is 0 Å². The second kappa shape index (κ2) is 9.74. The van der Waals surface area contributed by atoms with Crippen LogP contribution in [-0.4, -0.2) is 41.5 Å². The summed E-state index contributed by atoms with van der Waals surface area (Å²) in [4.78, 5) is 40.3. The maximum atomic E-state index is 13.0. The lowest BCUT2D eigenvalue weighted by Gasteiger charge is -2.09. The highest BCUT2D eigenvalue weighted by atomic mass is 16.6. The van der Waals surface area contributed by atoms with Crippen LogP contribution in [0, 0.1) is 10.1 Å². The SMILES string of the molecule is CCOc1cc(/C=N\Nc2nc3c(c(=O)n(C)c(=O)n3C)n2Cc2ccc([N+](=O)[O-])cc2)ccc1O. The highest BCUT2D eigenvalue weighted by Crippen LogP contribution is 2.26. The monoisotopic (exact) mass is 493 g/mol. The number of ether oxygens (including phenoxy) is 1. The third-order valence-corrected chi connectivity index (χ3v) is 5.50. The maximum Gasteiger partial charge on any atom is 0.332 e. The third-order valence-electron chi connectivity index (χ3n) is 5.50. The van der Waals surface area contributed by atoms with Crippen LogP contribution in [0.1, 0.15) is 18.1 Å². The molecular formula is C23H23N7O6. The van der Waals surface area contributed by atoms with E-state index < -0.39 is 16.2 Å². The Morgan fingerprint density at radius 2 is 1.89 bits per heavy atom. The molecule has 0 aliphatic carbocycles. The second-order valence-electron chi connectivity index (χ2n) is 7.85. The minimum Gasteiger partial charge on any atom is -0.504 e. The van der Waals surface area contributed by atoms with Crippen LogP contribution in [-0.2, 0) is 20.6 Å². The average Bonchev–Trinajstić information content (AvgIpc) is 3.22. The number of benzene rings is 2. The van der Waals surface area contributed by atoms with Crippen LogP contribution in [0.4, 0.5) is 11.6 Å². The number of nitro benzene ring substituents is 1. The molecule has 186 valence electrons. The Bertz CT molecular complexity index is 1600. The van der Waals surface area contributed by atoms with E-state index in [1.54, 1.807) is 35.8 Å². The third kappa shape index (κ3) is 4.53. The number of aromatic hydroxyl groups is 1. The summed E-state index contributed by atoms with van der Waals surface area (Å²) in [5.74, 6) is 0.496. The Balaban J connectivity index is 1.76. The molecule has 2 aromatic heterocycles. The summed E-state index contributed by atoms with van der Waals surface area (Å²) in [7, 11) is 2.88. The standard InChI is InChI=1S/C23H23N7O6/c1-4-36-18-11-15(7-10-17(18)31)12-24-26-22-25-20-19(21(32)28(3)23(33)27(20)2)29(22)13-14-5-8-16(9-6-14)30(34)35/h5-12,31H,4,13H2,1-3H3,(H,25,26)/b24-12-. The van der Waals surface area contributed by atoms with E-state index in [-0.39, 0.29) is 35.1 Å². The highest BCUT2D eigenvalue weighted by molar-refractivity contribution is 5.82. The Kier molecular flexibility index (Phi) is 6.54. The van der Waals surface area contributed by atoms with E-state index in [2.05, 4.69) is 15.5 Å². The molecule has 2 aromatic carbocycles. The van der Waals surface area contributed by atoms with Gasteiger partial charge in [-0.2, -0.15) is 10.1 Å². The van der Waals surface area contributed by atoms with Gasteiger partial charge in [0.15, 0.2) is 22.7 Å². The number of phenolic OH excluding ortho intramolecular Hbond substituents is 1. The number of imidazole rings is 1. The number of aromatic nitrogens is 4. The van der Waals surface area contributed by atoms with Gasteiger partial charge in [-0.3, -0.25) is 28.6 Å². The van der Waals surface area contributed by atoms with Gasteiger partial charge in [-0.05, 0) is 36.2 Å². The normalized spacial score (nSPS) is 11.3. The maximum absolute atomic E-state index is 13.0. The van der Waals surface area contributed by atoms with Crippen LogP contribution in [0.15, 0.2) is 57.2 Å². The van der Waals surface area contributed by atoms with Crippen molar-refractivity contribution < 1.29 is 14.8 Å². The van der Waals surface area contributed by atoms with Gasteiger partial charge < -0.3 is 9.84 Å². The number of hydrogen-bond acceptors (Lipinski definition) is 9. The van der Waals surface area contributed by atoms with Gasteiger partial charge in [-0.1, -0.05) is 12.1 Å². The van der Waals surface area contributed by atoms with Crippen LogP contribution in [0.3, 0.4) is 0 Å². The number of aryl methyl sites for hydroxylation is 1. The van der Waals surface area contributed by atoms with E-state index in [9.17, 15) is 24.8 Å². The molecule has 0 aliphatic rings. The Labute approximate surface area is 203 Å². The molecule has 0 aliphatic heterocycles. The quantitative estimate of drug-likeness (QED) is 0.214.